The molecule has 0 fully saturated rings. The predicted octanol–water partition coefficient (Wildman–Crippen LogP) is 2.36. The van der Waals surface area contributed by atoms with E-state index in [1.54, 1.807) is 31.3 Å². The number of pyridine rings is 1. The number of hydrogen-bond donors (Lipinski definition) is 2. The Morgan fingerprint density at radius 3 is 2.57 bits per heavy atom. The number of carbonyl (C=O) groups excluding carboxylic acids is 2. The van der Waals surface area contributed by atoms with Crippen LogP contribution in [0.3, 0.4) is 0 Å². The lowest BCUT2D eigenvalue weighted by atomic mass is 10.2. The first-order valence-corrected chi connectivity index (χ1v) is 6.84. The van der Waals surface area contributed by atoms with Crippen LogP contribution < -0.4 is 10.7 Å². The molecule has 118 valence electrons. The first-order chi connectivity index (χ1) is 11.0. The maximum Gasteiger partial charge on any atom is 0.271 e. The molecule has 7 heteroatoms. The van der Waals surface area contributed by atoms with Gasteiger partial charge in [0.15, 0.2) is 0 Å². The summed E-state index contributed by atoms with van der Waals surface area (Å²) < 4.78 is 12.8. The summed E-state index contributed by atoms with van der Waals surface area (Å²) in [5, 5.41) is 6.46. The van der Waals surface area contributed by atoms with Crippen LogP contribution in [0.25, 0.3) is 0 Å². The van der Waals surface area contributed by atoms with Crippen molar-refractivity contribution in [1.29, 1.82) is 0 Å². The van der Waals surface area contributed by atoms with E-state index in [0.29, 0.717) is 11.5 Å². The number of amides is 2. The number of halogens is 1. The molecule has 6 nitrogen and oxygen atoms in total. The van der Waals surface area contributed by atoms with Gasteiger partial charge in [-0.2, -0.15) is 5.10 Å². The van der Waals surface area contributed by atoms with Gasteiger partial charge >= 0.3 is 0 Å². The van der Waals surface area contributed by atoms with E-state index >= 15 is 0 Å². The Morgan fingerprint density at radius 2 is 1.91 bits per heavy atom. The average Bonchev–Trinajstić information content (AvgIpc) is 2.54. The number of carbonyl (C=O) groups is 2. The second kappa shape index (κ2) is 7.79. The summed E-state index contributed by atoms with van der Waals surface area (Å²) in [6.45, 7) is 1.61. The summed E-state index contributed by atoms with van der Waals surface area (Å²) in [6.07, 6.45) is 1.58. The Bertz CT molecular complexity index is 715. The first-order valence-electron chi connectivity index (χ1n) is 6.84. The maximum atomic E-state index is 12.8. The molecule has 2 rings (SSSR count). The molecule has 2 amide bonds. The largest absolute Gasteiger partial charge is 0.310 e. The maximum absolute atomic E-state index is 12.8. The van der Waals surface area contributed by atoms with E-state index in [1.807, 2.05) is 0 Å². The van der Waals surface area contributed by atoms with Gasteiger partial charge in [-0.05, 0) is 43.3 Å². The normalized spacial score (nSPS) is 11.0. The molecule has 2 N–H and O–H groups in total. The van der Waals surface area contributed by atoms with Crippen LogP contribution in [-0.4, -0.2) is 22.5 Å². The van der Waals surface area contributed by atoms with Crippen LogP contribution in [-0.2, 0) is 4.79 Å². The quantitative estimate of drug-likeness (QED) is 0.656. The van der Waals surface area contributed by atoms with Gasteiger partial charge in [-0.3, -0.25) is 9.59 Å². The van der Waals surface area contributed by atoms with Crippen LogP contribution in [0, 0.1) is 5.82 Å². The van der Waals surface area contributed by atoms with Crippen molar-refractivity contribution in [1.82, 2.24) is 10.4 Å². The monoisotopic (exact) mass is 314 g/mol. The zero-order valence-electron chi connectivity index (χ0n) is 12.4. The molecule has 0 aliphatic heterocycles. The van der Waals surface area contributed by atoms with Crippen molar-refractivity contribution in [2.45, 2.75) is 13.3 Å². The summed E-state index contributed by atoms with van der Waals surface area (Å²) in [6, 6.07) is 10.2. The van der Waals surface area contributed by atoms with Crippen LogP contribution in [0.2, 0.25) is 0 Å². The Kier molecular flexibility index (Phi) is 5.51. The minimum Gasteiger partial charge on any atom is -0.310 e. The third-order valence-corrected chi connectivity index (χ3v) is 2.80. The van der Waals surface area contributed by atoms with Crippen molar-refractivity contribution in [3.8, 4) is 0 Å². The highest BCUT2D eigenvalue weighted by Gasteiger charge is 2.07. The second-order valence-electron chi connectivity index (χ2n) is 4.73. The summed E-state index contributed by atoms with van der Waals surface area (Å²) in [5.74, 6) is -0.747. The van der Waals surface area contributed by atoms with E-state index in [4.69, 9.17) is 0 Å². The molecule has 2 aromatic rings. The van der Waals surface area contributed by atoms with Crippen LogP contribution in [0.4, 0.5) is 10.2 Å². The van der Waals surface area contributed by atoms with E-state index in [1.165, 1.54) is 24.3 Å². The molecule has 0 atom stereocenters. The molecule has 0 bridgehead atoms. The van der Waals surface area contributed by atoms with Crippen LogP contribution in [0.5, 0.6) is 0 Å². The van der Waals surface area contributed by atoms with E-state index in [-0.39, 0.29) is 17.9 Å². The molecule has 0 radical (unpaired) electrons. The average molecular weight is 314 g/mol. The topological polar surface area (TPSA) is 83.4 Å². The van der Waals surface area contributed by atoms with Crippen molar-refractivity contribution in [3.05, 3.63) is 60.0 Å². The van der Waals surface area contributed by atoms with Crippen molar-refractivity contribution < 1.29 is 14.0 Å². The highest BCUT2D eigenvalue weighted by atomic mass is 19.1. The van der Waals surface area contributed by atoms with Crippen molar-refractivity contribution in [3.63, 3.8) is 0 Å². The Morgan fingerprint density at radius 1 is 1.17 bits per heavy atom. The third kappa shape index (κ3) is 5.31. The fraction of sp³-hybridized carbons (Fsp3) is 0.125. The molecular weight excluding hydrogens is 299 g/mol. The van der Waals surface area contributed by atoms with Gasteiger partial charge < -0.3 is 5.32 Å². The van der Waals surface area contributed by atoms with E-state index in [0.717, 1.165) is 0 Å². The molecule has 1 aromatic heterocycles. The number of aromatic nitrogens is 1. The minimum atomic E-state index is -0.477. The lowest BCUT2D eigenvalue weighted by Crippen LogP contribution is -2.21. The molecule has 0 spiro atoms. The SMILES string of the molecule is CC(CC(=O)Nc1ccccn1)=NNC(=O)c1ccc(F)cc1. The number of hydrogen-bond acceptors (Lipinski definition) is 4. The van der Waals surface area contributed by atoms with Gasteiger partial charge in [-0.25, -0.2) is 14.8 Å². The highest BCUT2D eigenvalue weighted by molar-refractivity contribution is 6.05. The molecule has 0 saturated heterocycles. The molecule has 23 heavy (non-hydrogen) atoms. The zero-order chi connectivity index (χ0) is 16.7. The van der Waals surface area contributed by atoms with Gasteiger partial charge in [0.05, 0.1) is 6.42 Å². The number of hydrazone groups is 1. The number of nitrogens with one attached hydrogen (secondary N) is 2. The fourth-order valence-electron chi connectivity index (χ4n) is 1.71. The molecule has 0 unspecified atom stereocenters. The highest BCUT2D eigenvalue weighted by Crippen LogP contribution is 2.03. The van der Waals surface area contributed by atoms with Gasteiger partial charge in [0.2, 0.25) is 5.91 Å². The molecular formula is C16H15FN4O2. The molecule has 0 saturated carbocycles. The van der Waals surface area contributed by atoms with E-state index < -0.39 is 11.7 Å². The van der Waals surface area contributed by atoms with Gasteiger partial charge in [-0.1, -0.05) is 6.07 Å². The molecule has 1 aromatic carbocycles. The summed E-state index contributed by atoms with van der Waals surface area (Å²) in [4.78, 5) is 27.5. The Hall–Kier alpha value is -3.09. The smallest absolute Gasteiger partial charge is 0.271 e. The lowest BCUT2D eigenvalue weighted by molar-refractivity contribution is -0.115. The third-order valence-electron chi connectivity index (χ3n) is 2.80. The van der Waals surface area contributed by atoms with Gasteiger partial charge in [-0.15, -0.1) is 0 Å². The lowest BCUT2D eigenvalue weighted by Gasteiger charge is -2.04. The van der Waals surface area contributed by atoms with Crippen LogP contribution >= 0.6 is 0 Å². The molecule has 1 heterocycles. The van der Waals surface area contributed by atoms with Gasteiger partial charge in [0.1, 0.15) is 11.6 Å². The first kappa shape index (κ1) is 16.3. The zero-order valence-corrected chi connectivity index (χ0v) is 12.4. The van der Waals surface area contributed by atoms with Gasteiger partial charge in [0, 0.05) is 17.5 Å². The molecule has 0 aliphatic carbocycles. The standard InChI is InChI=1S/C16H15FN4O2/c1-11(10-15(22)19-14-4-2-3-9-18-14)20-21-16(23)12-5-7-13(17)8-6-12/h2-9H,10H2,1H3,(H,21,23)(H,18,19,22). The van der Waals surface area contributed by atoms with Crippen LogP contribution in [0.15, 0.2) is 53.8 Å². The van der Waals surface area contributed by atoms with Crippen molar-refractivity contribution in [2.24, 2.45) is 5.10 Å². The Labute approximate surface area is 132 Å². The van der Waals surface area contributed by atoms with Crippen molar-refractivity contribution in [2.75, 3.05) is 5.32 Å². The van der Waals surface area contributed by atoms with Crippen LogP contribution in [0.1, 0.15) is 23.7 Å². The minimum absolute atomic E-state index is 0.0142. The number of benzene rings is 1. The van der Waals surface area contributed by atoms with Gasteiger partial charge in [0.25, 0.3) is 5.91 Å². The van der Waals surface area contributed by atoms with E-state index in [9.17, 15) is 14.0 Å². The summed E-state index contributed by atoms with van der Waals surface area (Å²) in [5.41, 5.74) is 3.02. The number of anilines is 1. The second-order valence-corrected chi connectivity index (χ2v) is 4.73. The number of nitrogens with zero attached hydrogens (tertiary/aromatic N) is 2. The predicted molar refractivity (Wildman–Crippen MR) is 84.5 cm³/mol. The Balaban J connectivity index is 1.86. The molecule has 0 aliphatic rings. The van der Waals surface area contributed by atoms with E-state index in [2.05, 4.69) is 20.8 Å². The summed E-state index contributed by atoms with van der Waals surface area (Å²) in [7, 11) is 0. The fourth-order valence-corrected chi connectivity index (χ4v) is 1.71. The van der Waals surface area contributed by atoms with Crippen molar-refractivity contribution >= 4 is 23.3 Å². The summed E-state index contributed by atoms with van der Waals surface area (Å²) >= 11 is 0. The number of rotatable bonds is 5.